The summed E-state index contributed by atoms with van der Waals surface area (Å²) in [5, 5.41) is 2.52. The Morgan fingerprint density at radius 1 is 1.24 bits per heavy atom. The fourth-order valence-electron chi connectivity index (χ4n) is 1.34. The van der Waals surface area contributed by atoms with Crippen molar-refractivity contribution >= 4 is 17.3 Å². The second-order valence-electron chi connectivity index (χ2n) is 3.51. The zero-order valence-electron chi connectivity index (χ0n) is 9.04. The molecular formula is C11H10F2N4. The van der Waals surface area contributed by atoms with Crippen molar-refractivity contribution in [2.45, 2.75) is 6.92 Å². The average molecular weight is 236 g/mol. The lowest BCUT2D eigenvalue weighted by molar-refractivity contribution is 0.584. The molecule has 4 nitrogen and oxygen atoms in total. The van der Waals surface area contributed by atoms with Gasteiger partial charge in [-0.05, 0) is 18.6 Å². The third kappa shape index (κ3) is 2.30. The molecule has 0 unspecified atom stereocenters. The van der Waals surface area contributed by atoms with Crippen molar-refractivity contribution < 1.29 is 8.78 Å². The van der Waals surface area contributed by atoms with E-state index in [1.807, 2.05) is 0 Å². The van der Waals surface area contributed by atoms with Gasteiger partial charge in [-0.25, -0.2) is 13.8 Å². The molecule has 2 aromatic rings. The number of benzene rings is 1. The first-order valence-electron chi connectivity index (χ1n) is 4.87. The highest BCUT2D eigenvalue weighted by Crippen LogP contribution is 2.24. The van der Waals surface area contributed by atoms with Crippen LogP contribution in [0.5, 0.6) is 0 Å². The number of nitrogens with zero attached hydrogens (tertiary/aromatic N) is 2. The molecule has 3 N–H and O–H groups in total. The highest BCUT2D eigenvalue weighted by Gasteiger charge is 2.12. The molecule has 0 aliphatic carbocycles. The van der Waals surface area contributed by atoms with Crippen LogP contribution < -0.4 is 11.1 Å². The molecule has 2 rings (SSSR count). The first-order chi connectivity index (χ1) is 8.08. The summed E-state index contributed by atoms with van der Waals surface area (Å²) in [5.41, 5.74) is 5.50. The fraction of sp³-hybridized carbons (Fsp3) is 0.0909. The standard InChI is InChI=1S/C11H10F2N4/c1-6-2-3-7(12)11(10(6)13)17-9-5-15-4-8(14)16-9/h2-5H,1H3,(H3,14,16,17). The molecule has 0 bridgehead atoms. The summed E-state index contributed by atoms with van der Waals surface area (Å²) in [5.74, 6) is -0.997. The highest BCUT2D eigenvalue weighted by molar-refractivity contribution is 5.59. The number of aryl methyl sites for hydroxylation is 1. The Kier molecular flexibility index (Phi) is 2.86. The zero-order valence-corrected chi connectivity index (χ0v) is 9.04. The summed E-state index contributed by atoms with van der Waals surface area (Å²) >= 11 is 0. The number of aromatic nitrogens is 2. The van der Waals surface area contributed by atoms with E-state index in [0.29, 0.717) is 5.56 Å². The SMILES string of the molecule is Cc1ccc(F)c(Nc2cncc(N)n2)c1F. The second-order valence-corrected chi connectivity index (χ2v) is 3.51. The minimum atomic E-state index is -0.697. The van der Waals surface area contributed by atoms with E-state index >= 15 is 0 Å². The zero-order chi connectivity index (χ0) is 12.4. The third-order valence-corrected chi connectivity index (χ3v) is 2.19. The third-order valence-electron chi connectivity index (χ3n) is 2.19. The van der Waals surface area contributed by atoms with Crippen LogP contribution in [0.4, 0.5) is 26.1 Å². The Morgan fingerprint density at radius 2 is 2.00 bits per heavy atom. The van der Waals surface area contributed by atoms with Gasteiger partial charge < -0.3 is 11.1 Å². The normalized spacial score (nSPS) is 10.3. The first kappa shape index (κ1) is 11.3. The molecule has 1 aromatic carbocycles. The van der Waals surface area contributed by atoms with Gasteiger partial charge >= 0.3 is 0 Å². The molecule has 0 saturated carbocycles. The lowest BCUT2D eigenvalue weighted by Crippen LogP contribution is -2.02. The summed E-state index contributed by atoms with van der Waals surface area (Å²) in [6.45, 7) is 1.55. The van der Waals surface area contributed by atoms with E-state index in [0.717, 1.165) is 0 Å². The van der Waals surface area contributed by atoms with Crippen LogP contribution in [-0.4, -0.2) is 9.97 Å². The van der Waals surface area contributed by atoms with E-state index in [1.165, 1.54) is 24.5 Å². The van der Waals surface area contributed by atoms with Gasteiger partial charge in [-0.2, -0.15) is 0 Å². The fourth-order valence-corrected chi connectivity index (χ4v) is 1.34. The van der Waals surface area contributed by atoms with Crippen LogP contribution in [0, 0.1) is 18.6 Å². The van der Waals surface area contributed by atoms with Gasteiger partial charge in [0.15, 0.2) is 11.6 Å². The molecule has 17 heavy (non-hydrogen) atoms. The number of nitrogens with one attached hydrogen (secondary N) is 1. The van der Waals surface area contributed by atoms with Crippen LogP contribution in [0.1, 0.15) is 5.56 Å². The van der Waals surface area contributed by atoms with Crippen molar-refractivity contribution in [3.63, 3.8) is 0 Å². The highest BCUT2D eigenvalue weighted by atomic mass is 19.1. The minimum Gasteiger partial charge on any atom is -0.382 e. The number of halogens is 2. The Bertz CT molecular complexity index is 557. The predicted octanol–water partition coefficient (Wildman–Crippen LogP) is 2.39. The lowest BCUT2D eigenvalue weighted by atomic mass is 10.2. The summed E-state index contributed by atoms with van der Waals surface area (Å²) in [4.78, 5) is 7.62. The van der Waals surface area contributed by atoms with Gasteiger partial charge in [-0.3, -0.25) is 4.98 Å². The molecule has 0 spiro atoms. The van der Waals surface area contributed by atoms with Crippen LogP contribution in [0.2, 0.25) is 0 Å². The predicted molar refractivity (Wildman–Crippen MR) is 60.8 cm³/mol. The first-order valence-corrected chi connectivity index (χ1v) is 4.87. The molecule has 0 fully saturated rings. The van der Waals surface area contributed by atoms with Crippen LogP contribution >= 0.6 is 0 Å². The Hall–Kier alpha value is -2.24. The van der Waals surface area contributed by atoms with Crippen molar-refractivity contribution in [2.24, 2.45) is 0 Å². The van der Waals surface area contributed by atoms with Gasteiger partial charge in [0.05, 0.1) is 12.4 Å². The second kappa shape index (κ2) is 4.32. The summed E-state index contributed by atoms with van der Waals surface area (Å²) in [7, 11) is 0. The van der Waals surface area contributed by atoms with Crippen LogP contribution in [-0.2, 0) is 0 Å². The van der Waals surface area contributed by atoms with E-state index in [9.17, 15) is 8.78 Å². The molecule has 88 valence electrons. The summed E-state index contributed by atoms with van der Waals surface area (Å²) < 4.78 is 27.1. The van der Waals surface area contributed by atoms with Gasteiger partial charge in [-0.15, -0.1) is 0 Å². The maximum absolute atomic E-state index is 13.7. The van der Waals surface area contributed by atoms with Gasteiger partial charge in [0.25, 0.3) is 0 Å². The van der Waals surface area contributed by atoms with Crippen molar-refractivity contribution in [3.8, 4) is 0 Å². The largest absolute Gasteiger partial charge is 0.382 e. The van der Waals surface area contributed by atoms with E-state index in [-0.39, 0.29) is 17.3 Å². The quantitative estimate of drug-likeness (QED) is 0.840. The summed E-state index contributed by atoms with van der Waals surface area (Å²) in [6.07, 6.45) is 2.67. The van der Waals surface area contributed by atoms with E-state index < -0.39 is 11.6 Å². The van der Waals surface area contributed by atoms with Gasteiger partial charge in [0.2, 0.25) is 0 Å². The van der Waals surface area contributed by atoms with E-state index in [1.54, 1.807) is 6.92 Å². The molecule has 0 radical (unpaired) electrons. The smallest absolute Gasteiger partial charge is 0.152 e. The van der Waals surface area contributed by atoms with Crippen LogP contribution in [0.3, 0.4) is 0 Å². The van der Waals surface area contributed by atoms with Crippen molar-refractivity contribution in [1.29, 1.82) is 0 Å². The number of anilines is 3. The summed E-state index contributed by atoms with van der Waals surface area (Å²) in [6, 6.07) is 2.54. The van der Waals surface area contributed by atoms with Gasteiger partial charge in [-0.1, -0.05) is 6.07 Å². The molecule has 0 aliphatic rings. The monoisotopic (exact) mass is 236 g/mol. The Morgan fingerprint density at radius 3 is 2.71 bits per heavy atom. The molecule has 1 aromatic heterocycles. The Balaban J connectivity index is 2.39. The number of nitrogens with two attached hydrogens (primary N) is 1. The van der Waals surface area contributed by atoms with Gasteiger partial charge in [0, 0.05) is 0 Å². The van der Waals surface area contributed by atoms with Crippen LogP contribution in [0.15, 0.2) is 24.5 Å². The molecule has 1 heterocycles. The lowest BCUT2D eigenvalue weighted by Gasteiger charge is -2.09. The maximum atomic E-state index is 13.7. The molecular weight excluding hydrogens is 226 g/mol. The molecule has 0 aliphatic heterocycles. The van der Waals surface area contributed by atoms with Crippen molar-refractivity contribution in [1.82, 2.24) is 9.97 Å². The number of rotatable bonds is 2. The topological polar surface area (TPSA) is 63.8 Å². The average Bonchev–Trinajstić information content (AvgIpc) is 2.30. The number of hydrogen-bond donors (Lipinski definition) is 2. The molecule has 0 saturated heterocycles. The van der Waals surface area contributed by atoms with Crippen molar-refractivity contribution in [2.75, 3.05) is 11.1 Å². The van der Waals surface area contributed by atoms with E-state index in [4.69, 9.17) is 5.73 Å². The minimum absolute atomic E-state index is 0.170. The van der Waals surface area contributed by atoms with Crippen LogP contribution in [0.25, 0.3) is 0 Å². The Labute approximate surface area is 96.5 Å². The maximum Gasteiger partial charge on any atom is 0.152 e. The van der Waals surface area contributed by atoms with Gasteiger partial charge in [0.1, 0.15) is 17.3 Å². The number of hydrogen-bond acceptors (Lipinski definition) is 4. The molecule has 6 heteroatoms. The molecule has 0 amide bonds. The van der Waals surface area contributed by atoms with Crippen molar-refractivity contribution in [3.05, 3.63) is 41.7 Å². The number of nitrogen functional groups attached to an aromatic ring is 1. The van der Waals surface area contributed by atoms with E-state index in [2.05, 4.69) is 15.3 Å². The molecule has 0 atom stereocenters.